The quantitative estimate of drug-likeness (QED) is 0.345. The largest absolute Gasteiger partial charge is 0.469 e. The summed E-state index contributed by atoms with van der Waals surface area (Å²) >= 11 is 6.19. The molecule has 3 aromatic rings. The number of oxazole rings is 1. The second-order valence-corrected chi connectivity index (χ2v) is 10.7. The van der Waals surface area contributed by atoms with Crippen LogP contribution < -0.4 is 5.32 Å². The fourth-order valence-corrected chi connectivity index (χ4v) is 5.70. The fourth-order valence-electron chi connectivity index (χ4n) is 5.52. The van der Waals surface area contributed by atoms with Crippen molar-refractivity contribution in [1.82, 2.24) is 9.88 Å². The van der Waals surface area contributed by atoms with Gasteiger partial charge in [0.1, 0.15) is 5.52 Å². The number of para-hydroxylation sites is 1. The zero-order valence-electron chi connectivity index (χ0n) is 22.5. The van der Waals surface area contributed by atoms with Crippen LogP contribution in [-0.4, -0.2) is 67.4 Å². The van der Waals surface area contributed by atoms with Gasteiger partial charge >= 0.3 is 5.97 Å². The molecular weight excluding hydrogens is 541 g/mol. The number of fused-ring (bicyclic) bond motifs is 1. The molecule has 0 bridgehead atoms. The first-order chi connectivity index (χ1) is 19.4. The minimum absolute atomic E-state index is 0.0272. The molecule has 214 valence electrons. The smallest absolute Gasteiger partial charge is 0.308 e. The SMILES string of the molecule is COC(=O)C1CCC(OC[C@@H]2C[C@H](OC)CN2C(=O)Cc2ccc3nc(Nc4ccccc4Cl)oc3c2F)CC1. The van der Waals surface area contributed by atoms with E-state index in [1.54, 1.807) is 42.3 Å². The minimum Gasteiger partial charge on any atom is -0.469 e. The van der Waals surface area contributed by atoms with Crippen LogP contribution in [0.5, 0.6) is 0 Å². The number of hydrogen-bond acceptors (Lipinski definition) is 8. The summed E-state index contributed by atoms with van der Waals surface area (Å²) in [6.45, 7) is 0.774. The number of nitrogens with zero attached hydrogens (tertiary/aromatic N) is 2. The van der Waals surface area contributed by atoms with Gasteiger partial charge in [-0.3, -0.25) is 9.59 Å². The third-order valence-electron chi connectivity index (χ3n) is 7.80. The Bertz CT molecular complexity index is 1360. The summed E-state index contributed by atoms with van der Waals surface area (Å²) in [5, 5.41) is 3.44. The lowest BCUT2D eigenvalue weighted by Crippen LogP contribution is -2.40. The van der Waals surface area contributed by atoms with Gasteiger partial charge in [0.2, 0.25) is 5.91 Å². The van der Waals surface area contributed by atoms with E-state index in [0.717, 1.165) is 25.7 Å². The zero-order valence-corrected chi connectivity index (χ0v) is 23.3. The average molecular weight is 574 g/mol. The number of hydrogen-bond donors (Lipinski definition) is 1. The number of rotatable bonds is 9. The Morgan fingerprint density at radius 1 is 1.12 bits per heavy atom. The fraction of sp³-hybridized carbons (Fsp3) is 0.483. The van der Waals surface area contributed by atoms with Gasteiger partial charge in [-0.2, -0.15) is 4.98 Å². The van der Waals surface area contributed by atoms with Gasteiger partial charge < -0.3 is 28.8 Å². The number of halogens is 2. The van der Waals surface area contributed by atoms with Crippen LogP contribution in [0.1, 0.15) is 37.7 Å². The van der Waals surface area contributed by atoms with Crippen molar-refractivity contribution >= 4 is 46.3 Å². The second-order valence-electron chi connectivity index (χ2n) is 10.3. The van der Waals surface area contributed by atoms with E-state index in [-0.39, 0.29) is 59.6 Å². The van der Waals surface area contributed by atoms with Crippen LogP contribution in [-0.2, 0) is 30.2 Å². The number of carbonyl (C=O) groups is 2. The molecule has 1 aliphatic carbocycles. The van der Waals surface area contributed by atoms with Crippen molar-refractivity contribution in [2.75, 3.05) is 32.7 Å². The van der Waals surface area contributed by atoms with Gasteiger partial charge in [-0.25, -0.2) is 4.39 Å². The molecule has 1 saturated heterocycles. The zero-order chi connectivity index (χ0) is 28.2. The van der Waals surface area contributed by atoms with Crippen LogP contribution in [0.2, 0.25) is 5.02 Å². The van der Waals surface area contributed by atoms with E-state index in [9.17, 15) is 9.59 Å². The van der Waals surface area contributed by atoms with Crippen molar-refractivity contribution in [3.05, 3.63) is 52.8 Å². The number of ether oxygens (including phenoxy) is 3. The highest BCUT2D eigenvalue weighted by molar-refractivity contribution is 6.33. The minimum atomic E-state index is -0.622. The molecule has 40 heavy (non-hydrogen) atoms. The molecule has 2 aromatic carbocycles. The van der Waals surface area contributed by atoms with Crippen molar-refractivity contribution < 1.29 is 32.6 Å². The molecule has 2 heterocycles. The summed E-state index contributed by atoms with van der Waals surface area (Å²) in [6, 6.07) is 10.2. The van der Waals surface area contributed by atoms with Crippen LogP contribution in [0.3, 0.4) is 0 Å². The Hall–Kier alpha value is -3.21. The topological polar surface area (TPSA) is 103 Å². The van der Waals surface area contributed by atoms with Crippen molar-refractivity contribution in [3.63, 3.8) is 0 Å². The van der Waals surface area contributed by atoms with E-state index in [0.29, 0.717) is 35.8 Å². The first-order valence-corrected chi connectivity index (χ1v) is 13.8. The molecule has 9 nitrogen and oxygen atoms in total. The standard InChI is InChI=1S/C29H33ClFN3O6/c1-37-21-14-19(16-39-20-10-7-17(8-11-20)28(36)38-2)34(15-21)25(35)13-18-9-12-24-27(26(18)31)40-29(33-24)32-23-6-4-3-5-22(23)30/h3-6,9,12,17,19-21H,7-8,10-11,13-16H2,1-2H3,(H,32,33)/t17?,19-,20?,21-/m0/s1. The maximum atomic E-state index is 15.5. The summed E-state index contributed by atoms with van der Waals surface area (Å²) in [6.07, 6.45) is 3.41. The highest BCUT2D eigenvalue weighted by Crippen LogP contribution is 2.31. The Labute approximate surface area is 236 Å². The molecule has 0 radical (unpaired) electrons. The molecule has 2 aliphatic rings. The summed E-state index contributed by atoms with van der Waals surface area (Å²) in [7, 11) is 3.03. The van der Waals surface area contributed by atoms with E-state index < -0.39 is 5.82 Å². The van der Waals surface area contributed by atoms with Crippen LogP contribution in [0, 0.1) is 11.7 Å². The predicted molar refractivity (Wildman–Crippen MR) is 147 cm³/mol. The first kappa shape index (κ1) is 28.3. The molecule has 1 saturated carbocycles. The number of benzene rings is 2. The summed E-state index contributed by atoms with van der Waals surface area (Å²) in [5.41, 5.74) is 1.10. The number of nitrogens with one attached hydrogen (secondary N) is 1. The summed E-state index contributed by atoms with van der Waals surface area (Å²) in [4.78, 5) is 31.2. The number of amides is 1. The Morgan fingerprint density at radius 3 is 2.62 bits per heavy atom. The number of aromatic nitrogens is 1. The Morgan fingerprint density at radius 2 is 1.90 bits per heavy atom. The second kappa shape index (κ2) is 12.5. The van der Waals surface area contributed by atoms with Crippen molar-refractivity contribution in [2.24, 2.45) is 5.92 Å². The molecule has 1 amide bonds. The molecule has 2 atom stereocenters. The van der Waals surface area contributed by atoms with Gasteiger partial charge in [0.25, 0.3) is 6.01 Å². The summed E-state index contributed by atoms with van der Waals surface area (Å²) in [5.74, 6) is -1.08. The van der Waals surface area contributed by atoms with Crippen LogP contribution in [0.25, 0.3) is 11.1 Å². The molecule has 1 aliphatic heterocycles. The van der Waals surface area contributed by atoms with Crippen LogP contribution in [0.15, 0.2) is 40.8 Å². The monoisotopic (exact) mass is 573 g/mol. The molecule has 5 rings (SSSR count). The van der Waals surface area contributed by atoms with Crippen molar-refractivity contribution in [3.8, 4) is 0 Å². The maximum Gasteiger partial charge on any atom is 0.308 e. The van der Waals surface area contributed by atoms with Gasteiger partial charge in [0.15, 0.2) is 11.4 Å². The van der Waals surface area contributed by atoms with Gasteiger partial charge in [-0.05, 0) is 50.3 Å². The van der Waals surface area contributed by atoms with E-state index in [2.05, 4.69) is 10.3 Å². The number of esters is 1. The third-order valence-corrected chi connectivity index (χ3v) is 8.13. The van der Waals surface area contributed by atoms with E-state index >= 15 is 4.39 Å². The first-order valence-electron chi connectivity index (χ1n) is 13.5. The van der Waals surface area contributed by atoms with E-state index in [1.165, 1.54) is 7.11 Å². The van der Waals surface area contributed by atoms with Crippen molar-refractivity contribution in [1.29, 1.82) is 0 Å². The molecule has 2 fully saturated rings. The Kier molecular flexibility index (Phi) is 8.87. The number of carbonyl (C=O) groups excluding carboxylic acids is 2. The van der Waals surface area contributed by atoms with Gasteiger partial charge in [-0.15, -0.1) is 0 Å². The maximum absolute atomic E-state index is 15.5. The van der Waals surface area contributed by atoms with Crippen LogP contribution >= 0.6 is 11.6 Å². The molecule has 1 aromatic heterocycles. The van der Waals surface area contributed by atoms with Crippen molar-refractivity contribution in [2.45, 2.75) is 56.8 Å². The van der Waals surface area contributed by atoms with E-state index in [1.807, 2.05) is 6.07 Å². The lowest BCUT2D eigenvalue weighted by Gasteiger charge is -2.30. The third kappa shape index (κ3) is 6.24. The van der Waals surface area contributed by atoms with Crippen LogP contribution in [0.4, 0.5) is 16.1 Å². The lowest BCUT2D eigenvalue weighted by molar-refractivity contribution is -0.148. The van der Waals surface area contributed by atoms with Gasteiger partial charge in [0.05, 0.1) is 55.0 Å². The molecule has 1 N–H and O–H groups in total. The molecule has 11 heteroatoms. The molecule has 0 unspecified atom stereocenters. The average Bonchev–Trinajstić information content (AvgIpc) is 3.59. The highest BCUT2D eigenvalue weighted by Gasteiger charge is 2.37. The van der Waals surface area contributed by atoms with E-state index in [4.69, 9.17) is 30.2 Å². The number of likely N-dealkylation sites (tertiary alicyclic amines) is 1. The lowest BCUT2D eigenvalue weighted by atomic mass is 9.87. The van der Waals surface area contributed by atoms with Gasteiger partial charge in [0, 0.05) is 19.2 Å². The number of methoxy groups -OCH3 is 2. The predicted octanol–water partition coefficient (Wildman–Crippen LogP) is 5.27. The molecule has 0 spiro atoms. The number of anilines is 2. The van der Waals surface area contributed by atoms with Gasteiger partial charge in [-0.1, -0.05) is 29.8 Å². The highest BCUT2D eigenvalue weighted by atomic mass is 35.5. The summed E-state index contributed by atoms with van der Waals surface area (Å²) < 4.78 is 37.7. The Balaban J connectivity index is 1.23. The normalized spacial score (nSPS) is 22.9. The molecular formula is C29H33ClFN3O6.